The van der Waals surface area contributed by atoms with Crippen molar-refractivity contribution >= 4 is 18.1 Å². The Kier molecular flexibility index (Phi) is 5.14. The van der Waals surface area contributed by atoms with Gasteiger partial charge in [-0.2, -0.15) is 5.10 Å². The molecule has 0 bridgehead atoms. The lowest BCUT2D eigenvalue weighted by atomic mass is 10.2. The second-order valence-electron chi connectivity index (χ2n) is 4.75. The number of hydrogen-bond donors (Lipinski definition) is 2. The Morgan fingerprint density at radius 3 is 2.74 bits per heavy atom. The first-order chi connectivity index (χ1) is 11.0. The number of carbonyl (C=O) groups is 2. The normalized spacial score (nSPS) is 10.7. The van der Waals surface area contributed by atoms with Gasteiger partial charge >= 0.3 is 5.97 Å². The van der Waals surface area contributed by atoms with Crippen molar-refractivity contribution in [3.63, 3.8) is 0 Å². The summed E-state index contributed by atoms with van der Waals surface area (Å²) < 4.78 is 10.4. The van der Waals surface area contributed by atoms with Crippen LogP contribution >= 0.6 is 0 Å². The average Bonchev–Trinajstić information content (AvgIpc) is 2.85. The van der Waals surface area contributed by atoms with E-state index in [1.165, 1.54) is 6.21 Å². The number of aryl methyl sites for hydroxylation is 2. The van der Waals surface area contributed by atoms with E-state index < -0.39 is 12.6 Å². The van der Waals surface area contributed by atoms with Crippen molar-refractivity contribution in [3.8, 4) is 5.75 Å². The summed E-state index contributed by atoms with van der Waals surface area (Å²) in [5.41, 5.74) is 3.35. The number of furan rings is 1. The minimum absolute atomic E-state index is 0.364. The van der Waals surface area contributed by atoms with Gasteiger partial charge in [0.05, 0.1) is 11.8 Å². The number of nitrogens with zero attached hydrogens (tertiary/aromatic N) is 1. The molecule has 7 nitrogen and oxygen atoms in total. The van der Waals surface area contributed by atoms with E-state index in [1.807, 2.05) is 0 Å². The number of carboxylic acid groups (broad SMARTS) is 1. The standard InChI is InChI=1S/C16H16N2O5/c1-10-7-13(11(2)23-10)16(21)18-17-8-12-5-3-4-6-14(12)22-9-15(19)20/h3-8H,9H2,1-2H3,(H,18,21)(H,19,20)/b17-8+. The van der Waals surface area contributed by atoms with Crippen LogP contribution in [0.1, 0.15) is 27.4 Å². The summed E-state index contributed by atoms with van der Waals surface area (Å²) in [6.45, 7) is 2.99. The van der Waals surface area contributed by atoms with Gasteiger partial charge in [-0.1, -0.05) is 12.1 Å². The van der Waals surface area contributed by atoms with Gasteiger partial charge in [0, 0.05) is 5.56 Å². The van der Waals surface area contributed by atoms with Gasteiger partial charge in [0.1, 0.15) is 17.3 Å². The zero-order chi connectivity index (χ0) is 16.8. The van der Waals surface area contributed by atoms with E-state index in [9.17, 15) is 9.59 Å². The smallest absolute Gasteiger partial charge is 0.341 e. The highest BCUT2D eigenvalue weighted by Crippen LogP contribution is 2.16. The molecule has 0 aliphatic rings. The number of benzene rings is 1. The van der Waals surface area contributed by atoms with E-state index in [-0.39, 0.29) is 5.91 Å². The topological polar surface area (TPSA) is 101 Å². The molecule has 0 atom stereocenters. The number of carboxylic acids is 1. The van der Waals surface area contributed by atoms with Crippen molar-refractivity contribution in [2.45, 2.75) is 13.8 Å². The Labute approximate surface area is 132 Å². The van der Waals surface area contributed by atoms with Crippen molar-refractivity contribution in [2.75, 3.05) is 6.61 Å². The molecule has 2 N–H and O–H groups in total. The molecule has 0 spiro atoms. The molecule has 0 saturated carbocycles. The number of carbonyl (C=O) groups excluding carboxylic acids is 1. The van der Waals surface area contributed by atoms with Gasteiger partial charge in [-0.25, -0.2) is 10.2 Å². The summed E-state index contributed by atoms with van der Waals surface area (Å²) in [4.78, 5) is 22.5. The third-order valence-corrected chi connectivity index (χ3v) is 2.93. The molecule has 0 aliphatic carbocycles. The number of para-hydroxylation sites is 1. The van der Waals surface area contributed by atoms with E-state index in [2.05, 4.69) is 10.5 Å². The van der Waals surface area contributed by atoms with Crippen LogP contribution in [0.5, 0.6) is 5.75 Å². The van der Waals surface area contributed by atoms with E-state index in [1.54, 1.807) is 44.2 Å². The van der Waals surface area contributed by atoms with Gasteiger partial charge in [0.15, 0.2) is 6.61 Å². The van der Waals surface area contributed by atoms with Crippen molar-refractivity contribution in [1.29, 1.82) is 0 Å². The molecule has 0 aliphatic heterocycles. The molecule has 23 heavy (non-hydrogen) atoms. The minimum atomic E-state index is -1.07. The number of nitrogens with one attached hydrogen (secondary N) is 1. The SMILES string of the molecule is Cc1cc(C(=O)N/N=C/c2ccccc2OCC(=O)O)c(C)o1. The third-order valence-electron chi connectivity index (χ3n) is 2.93. The van der Waals surface area contributed by atoms with E-state index in [0.717, 1.165) is 0 Å². The van der Waals surface area contributed by atoms with Gasteiger partial charge in [0.25, 0.3) is 5.91 Å². The fraction of sp³-hybridized carbons (Fsp3) is 0.188. The molecule has 1 aromatic heterocycles. The van der Waals surface area contributed by atoms with Gasteiger partial charge < -0.3 is 14.3 Å². The number of rotatable bonds is 6. The fourth-order valence-corrected chi connectivity index (χ4v) is 1.94. The summed E-state index contributed by atoms with van der Waals surface area (Å²) in [7, 11) is 0. The van der Waals surface area contributed by atoms with Crippen LogP contribution in [-0.4, -0.2) is 29.8 Å². The Morgan fingerprint density at radius 1 is 1.35 bits per heavy atom. The molecular weight excluding hydrogens is 300 g/mol. The fourth-order valence-electron chi connectivity index (χ4n) is 1.94. The first-order valence-corrected chi connectivity index (χ1v) is 6.81. The molecule has 0 saturated heterocycles. The van der Waals surface area contributed by atoms with Crippen LogP contribution in [0.2, 0.25) is 0 Å². The van der Waals surface area contributed by atoms with Crippen LogP contribution < -0.4 is 10.2 Å². The summed E-state index contributed by atoms with van der Waals surface area (Å²) in [5.74, 6) is 0.0584. The lowest BCUT2D eigenvalue weighted by Crippen LogP contribution is -2.18. The van der Waals surface area contributed by atoms with Gasteiger partial charge in [0.2, 0.25) is 0 Å². The second-order valence-corrected chi connectivity index (χ2v) is 4.75. The summed E-state index contributed by atoms with van der Waals surface area (Å²) in [5, 5.41) is 12.5. The van der Waals surface area contributed by atoms with Crippen LogP contribution in [0, 0.1) is 13.8 Å². The zero-order valence-corrected chi connectivity index (χ0v) is 12.7. The van der Waals surface area contributed by atoms with Crippen LogP contribution in [0.15, 0.2) is 39.9 Å². The van der Waals surface area contributed by atoms with Crippen LogP contribution in [0.25, 0.3) is 0 Å². The molecule has 120 valence electrons. The number of aliphatic carboxylic acids is 1. The molecule has 0 radical (unpaired) electrons. The highest BCUT2D eigenvalue weighted by molar-refractivity contribution is 5.96. The maximum Gasteiger partial charge on any atom is 0.341 e. The van der Waals surface area contributed by atoms with Gasteiger partial charge in [-0.3, -0.25) is 4.79 Å². The molecule has 0 unspecified atom stereocenters. The van der Waals surface area contributed by atoms with Crippen molar-refractivity contribution in [1.82, 2.24) is 5.43 Å². The van der Waals surface area contributed by atoms with Crippen molar-refractivity contribution in [3.05, 3.63) is 53.0 Å². The molecule has 2 aromatic rings. The highest BCUT2D eigenvalue weighted by Gasteiger charge is 2.12. The molecule has 1 heterocycles. The Balaban J connectivity index is 2.04. The van der Waals surface area contributed by atoms with Crippen LogP contribution in [0.3, 0.4) is 0 Å². The van der Waals surface area contributed by atoms with Crippen molar-refractivity contribution in [2.24, 2.45) is 5.10 Å². The van der Waals surface area contributed by atoms with E-state index in [0.29, 0.717) is 28.4 Å². The van der Waals surface area contributed by atoms with Gasteiger partial charge in [-0.15, -0.1) is 0 Å². The Hall–Kier alpha value is -3.09. The lowest BCUT2D eigenvalue weighted by Gasteiger charge is -2.06. The minimum Gasteiger partial charge on any atom is -0.481 e. The molecule has 2 rings (SSSR count). The van der Waals surface area contributed by atoms with Crippen LogP contribution in [-0.2, 0) is 4.79 Å². The number of hydrazone groups is 1. The Bertz CT molecular complexity index is 749. The molecule has 0 fully saturated rings. The average molecular weight is 316 g/mol. The quantitative estimate of drug-likeness (QED) is 0.628. The first-order valence-electron chi connectivity index (χ1n) is 6.81. The predicted octanol–water partition coefficient (Wildman–Crippen LogP) is 2.12. The molecule has 7 heteroatoms. The third kappa shape index (κ3) is 4.44. The van der Waals surface area contributed by atoms with E-state index in [4.69, 9.17) is 14.3 Å². The maximum absolute atomic E-state index is 12.0. The molecule has 1 amide bonds. The summed E-state index contributed by atoms with van der Waals surface area (Å²) in [6, 6.07) is 8.41. The zero-order valence-electron chi connectivity index (χ0n) is 12.7. The monoisotopic (exact) mass is 316 g/mol. The van der Waals surface area contributed by atoms with Gasteiger partial charge in [-0.05, 0) is 32.0 Å². The number of hydrogen-bond acceptors (Lipinski definition) is 5. The lowest BCUT2D eigenvalue weighted by molar-refractivity contribution is -0.139. The maximum atomic E-state index is 12.0. The molecular formula is C16H16N2O5. The van der Waals surface area contributed by atoms with Crippen LogP contribution in [0.4, 0.5) is 0 Å². The largest absolute Gasteiger partial charge is 0.481 e. The van der Waals surface area contributed by atoms with Crippen molar-refractivity contribution < 1.29 is 23.8 Å². The predicted molar refractivity (Wildman–Crippen MR) is 82.8 cm³/mol. The number of ether oxygens (including phenoxy) is 1. The summed E-state index contributed by atoms with van der Waals surface area (Å²) >= 11 is 0. The molecule has 1 aromatic carbocycles. The highest BCUT2D eigenvalue weighted by atomic mass is 16.5. The van der Waals surface area contributed by atoms with E-state index >= 15 is 0 Å². The summed E-state index contributed by atoms with van der Waals surface area (Å²) in [6.07, 6.45) is 1.39. The first kappa shape index (κ1) is 16.3. The number of amides is 1. The Morgan fingerprint density at radius 2 is 2.09 bits per heavy atom. The second kappa shape index (κ2) is 7.26.